The number of hydrogen-bond acceptors (Lipinski definition) is 5. The Labute approximate surface area is 116 Å². The van der Waals surface area contributed by atoms with Crippen LogP contribution in [0.5, 0.6) is 5.88 Å². The van der Waals surface area contributed by atoms with Crippen LogP contribution in [0.3, 0.4) is 0 Å². The third-order valence-corrected chi connectivity index (χ3v) is 4.23. The molecule has 0 saturated carbocycles. The van der Waals surface area contributed by atoms with E-state index in [0.717, 1.165) is 9.35 Å². The Kier molecular flexibility index (Phi) is 3.97. The number of carbonyl (C=O) groups is 1. The van der Waals surface area contributed by atoms with E-state index < -0.39 is 0 Å². The maximum Gasteiger partial charge on any atom is 0.269 e. The standard InChI is InChI=1S/C10H11BrN4O2S/c1-15-5-12-3-6(15)9(16)13-4-7-8(11)10(17-2)14-18-7/h3,5H,4H2,1-2H3,(H,13,16). The highest BCUT2D eigenvalue weighted by atomic mass is 79.9. The van der Waals surface area contributed by atoms with Crippen LogP contribution in [0.4, 0.5) is 0 Å². The number of amides is 1. The largest absolute Gasteiger partial charge is 0.480 e. The first-order chi connectivity index (χ1) is 8.63. The van der Waals surface area contributed by atoms with E-state index in [1.165, 1.54) is 17.7 Å². The predicted molar refractivity (Wildman–Crippen MR) is 70.7 cm³/mol. The van der Waals surface area contributed by atoms with E-state index >= 15 is 0 Å². The Hall–Kier alpha value is -1.41. The first-order valence-corrected chi connectivity index (χ1v) is 6.62. The third kappa shape index (κ3) is 2.54. The van der Waals surface area contributed by atoms with E-state index in [0.29, 0.717) is 18.1 Å². The molecule has 2 aromatic rings. The van der Waals surface area contributed by atoms with Crippen molar-refractivity contribution in [2.45, 2.75) is 6.54 Å². The van der Waals surface area contributed by atoms with E-state index in [-0.39, 0.29) is 5.91 Å². The zero-order valence-corrected chi connectivity index (χ0v) is 12.2. The van der Waals surface area contributed by atoms with E-state index in [1.54, 1.807) is 25.1 Å². The molecule has 2 aromatic heterocycles. The molecular weight excluding hydrogens is 320 g/mol. The number of carbonyl (C=O) groups excluding carboxylic acids is 1. The van der Waals surface area contributed by atoms with Gasteiger partial charge in [0.25, 0.3) is 5.91 Å². The molecule has 0 fully saturated rings. The summed E-state index contributed by atoms with van der Waals surface area (Å²) in [5.74, 6) is 0.360. The molecule has 6 nitrogen and oxygen atoms in total. The van der Waals surface area contributed by atoms with Crippen LogP contribution in [0.2, 0.25) is 0 Å². The third-order valence-electron chi connectivity index (χ3n) is 2.32. The molecule has 0 aliphatic carbocycles. The Morgan fingerprint density at radius 1 is 1.67 bits per heavy atom. The fraction of sp³-hybridized carbons (Fsp3) is 0.300. The highest BCUT2D eigenvalue weighted by Gasteiger charge is 2.14. The van der Waals surface area contributed by atoms with Crippen molar-refractivity contribution in [2.24, 2.45) is 7.05 Å². The molecule has 96 valence electrons. The van der Waals surface area contributed by atoms with Crippen molar-refractivity contribution >= 4 is 33.4 Å². The summed E-state index contributed by atoms with van der Waals surface area (Å²) < 4.78 is 11.6. The van der Waals surface area contributed by atoms with E-state index in [1.807, 2.05) is 0 Å². The smallest absolute Gasteiger partial charge is 0.269 e. The van der Waals surface area contributed by atoms with Crippen LogP contribution >= 0.6 is 27.5 Å². The van der Waals surface area contributed by atoms with E-state index in [9.17, 15) is 4.79 Å². The molecule has 0 atom stereocenters. The molecule has 18 heavy (non-hydrogen) atoms. The van der Waals surface area contributed by atoms with Crippen LogP contribution < -0.4 is 10.1 Å². The van der Waals surface area contributed by atoms with Gasteiger partial charge in [-0.15, -0.1) is 0 Å². The van der Waals surface area contributed by atoms with Crippen molar-refractivity contribution in [1.29, 1.82) is 0 Å². The fourth-order valence-electron chi connectivity index (χ4n) is 1.36. The summed E-state index contributed by atoms with van der Waals surface area (Å²) in [6, 6.07) is 0. The molecular formula is C10H11BrN4O2S. The van der Waals surface area contributed by atoms with Crippen LogP contribution in [0.25, 0.3) is 0 Å². The van der Waals surface area contributed by atoms with Gasteiger partial charge in [0.15, 0.2) is 0 Å². The van der Waals surface area contributed by atoms with Crippen molar-refractivity contribution in [2.75, 3.05) is 7.11 Å². The van der Waals surface area contributed by atoms with Gasteiger partial charge in [0.05, 0.1) is 35.5 Å². The average molecular weight is 331 g/mol. The SMILES string of the molecule is COc1nsc(CNC(=O)c2cncn2C)c1Br. The Morgan fingerprint density at radius 2 is 2.44 bits per heavy atom. The molecule has 0 unspecified atom stereocenters. The summed E-state index contributed by atoms with van der Waals surface area (Å²) in [7, 11) is 3.32. The van der Waals surface area contributed by atoms with Gasteiger partial charge >= 0.3 is 0 Å². The van der Waals surface area contributed by atoms with Crippen molar-refractivity contribution in [1.82, 2.24) is 19.2 Å². The van der Waals surface area contributed by atoms with Gasteiger partial charge in [-0.25, -0.2) is 4.98 Å². The molecule has 0 bridgehead atoms. The molecule has 0 aliphatic heterocycles. The molecule has 2 heterocycles. The van der Waals surface area contributed by atoms with Crippen LogP contribution in [0.15, 0.2) is 17.0 Å². The Bertz CT molecular complexity index is 566. The molecule has 0 saturated heterocycles. The Balaban J connectivity index is 2.02. The maximum absolute atomic E-state index is 11.9. The minimum Gasteiger partial charge on any atom is -0.480 e. The Morgan fingerprint density at radius 3 is 3.00 bits per heavy atom. The topological polar surface area (TPSA) is 69.0 Å². The van der Waals surface area contributed by atoms with Gasteiger partial charge in [-0.2, -0.15) is 4.37 Å². The molecule has 0 aliphatic rings. The number of methoxy groups -OCH3 is 1. The molecule has 2 rings (SSSR count). The second-order valence-electron chi connectivity index (χ2n) is 3.50. The van der Waals surface area contributed by atoms with Crippen molar-refractivity contribution in [3.8, 4) is 5.88 Å². The van der Waals surface area contributed by atoms with Crippen LogP contribution in [0, 0.1) is 0 Å². The molecule has 1 N–H and O–H groups in total. The van der Waals surface area contributed by atoms with Gasteiger partial charge in [-0.1, -0.05) is 0 Å². The molecule has 8 heteroatoms. The van der Waals surface area contributed by atoms with Gasteiger partial charge < -0.3 is 14.6 Å². The van der Waals surface area contributed by atoms with E-state index in [4.69, 9.17) is 4.74 Å². The van der Waals surface area contributed by atoms with Gasteiger partial charge in [-0.3, -0.25) is 4.79 Å². The normalized spacial score (nSPS) is 10.4. The first-order valence-electron chi connectivity index (χ1n) is 5.06. The quantitative estimate of drug-likeness (QED) is 0.924. The lowest BCUT2D eigenvalue weighted by Gasteiger charge is -2.04. The number of aromatic nitrogens is 3. The number of halogens is 1. The lowest BCUT2D eigenvalue weighted by Crippen LogP contribution is -2.24. The fourth-order valence-corrected chi connectivity index (χ4v) is 2.75. The maximum atomic E-state index is 11.9. The zero-order valence-electron chi connectivity index (χ0n) is 9.81. The number of imidazole rings is 1. The lowest BCUT2D eigenvalue weighted by molar-refractivity contribution is 0.0943. The van der Waals surface area contributed by atoms with Crippen molar-refractivity contribution in [3.63, 3.8) is 0 Å². The molecule has 0 radical (unpaired) electrons. The monoisotopic (exact) mass is 330 g/mol. The number of hydrogen-bond donors (Lipinski definition) is 1. The summed E-state index contributed by atoms with van der Waals surface area (Å²) in [6.07, 6.45) is 3.11. The van der Waals surface area contributed by atoms with Gasteiger partial charge in [0.1, 0.15) is 5.69 Å². The second kappa shape index (κ2) is 5.49. The van der Waals surface area contributed by atoms with Gasteiger partial charge in [0.2, 0.25) is 5.88 Å². The average Bonchev–Trinajstić information content (AvgIpc) is 2.93. The van der Waals surface area contributed by atoms with Gasteiger partial charge in [0, 0.05) is 7.05 Å². The van der Waals surface area contributed by atoms with E-state index in [2.05, 4.69) is 30.6 Å². The summed E-state index contributed by atoms with van der Waals surface area (Å²) in [5, 5.41) is 2.81. The highest BCUT2D eigenvalue weighted by Crippen LogP contribution is 2.30. The molecule has 0 aromatic carbocycles. The summed E-state index contributed by atoms with van der Waals surface area (Å²) in [5.41, 5.74) is 0.516. The van der Waals surface area contributed by atoms with Crippen molar-refractivity contribution in [3.05, 3.63) is 27.6 Å². The lowest BCUT2D eigenvalue weighted by atomic mass is 10.4. The number of aryl methyl sites for hydroxylation is 1. The second-order valence-corrected chi connectivity index (χ2v) is 5.15. The highest BCUT2D eigenvalue weighted by molar-refractivity contribution is 9.10. The van der Waals surface area contributed by atoms with Gasteiger partial charge in [-0.05, 0) is 27.5 Å². The number of nitrogens with zero attached hydrogens (tertiary/aromatic N) is 3. The number of ether oxygens (including phenoxy) is 1. The molecule has 1 amide bonds. The zero-order chi connectivity index (χ0) is 13.1. The number of nitrogens with one attached hydrogen (secondary N) is 1. The molecule has 0 spiro atoms. The van der Waals surface area contributed by atoms with Crippen molar-refractivity contribution < 1.29 is 9.53 Å². The van der Waals surface area contributed by atoms with Crippen LogP contribution in [0.1, 0.15) is 15.4 Å². The minimum absolute atomic E-state index is 0.172. The minimum atomic E-state index is -0.172. The summed E-state index contributed by atoms with van der Waals surface area (Å²) in [4.78, 5) is 16.7. The predicted octanol–water partition coefficient (Wildman–Crippen LogP) is 1.58. The summed E-state index contributed by atoms with van der Waals surface area (Å²) in [6.45, 7) is 0.394. The van der Waals surface area contributed by atoms with Crippen LogP contribution in [-0.4, -0.2) is 26.9 Å². The van der Waals surface area contributed by atoms with Crippen LogP contribution in [-0.2, 0) is 13.6 Å². The summed E-state index contributed by atoms with van der Waals surface area (Å²) >= 11 is 4.66. The number of rotatable bonds is 4. The first kappa shape index (κ1) is 13.0.